The Morgan fingerprint density at radius 1 is 1.30 bits per heavy atom. The van der Waals surface area contributed by atoms with Gasteiger partial charge in [0, 0.05) is 18.7 Å². The number of ether oxygens (including phenoxy) is 1. The molecule has 0 aliphatic carbocycles. The van der Waals surface area contributed by atoms with Crippen LogP contribution < -0.4 is 11.1 Å². The Kier molecular flexibility index (Phi) is 6.91. The second-order valence-corrected chi connectivity index (χ2v) is 7.79. The molecule has 0 unspecified atom stereocenters. The molecule has 30 heavy (non-hydrogen) atoms. The molecule has 3 N–H and O–H groups in total. The summed E-state index contributed by atoms with van der Waals surface area (Å²) >= 11 is 0.832. The van der Waals surface area contributed by atoms with Crippen molar-refractivity contribution in [1.29, 1.82) is 0 Å². The van der Waals surface area contributed by atoms with E-state index in [0.29, 0.717) is 0 Å². The molecule has 0 radical (unpaired) electrons. The van der Waals surface area contributed by atoms with Gasteiger partial charge in [0.15, 0.2) is 5.69 Å². The van der Waals surface area contributed by atoms with Crippen molar-refractivity contribution in [1.82, 2.24) is 9.78 Å². The van der Waals surface area contributed by atoms with Gasteiger partial charge in [0.25, 0.3) is 5.91 Å². The summed E-state index contributed by atoms with van der Waals surface area (Å²) in [6.07, 6.45) is -5.21. The van der Waals surface area contributed by atoms with Crippen molar-refractivity contribution in [2.75, 3.05) is 5.32 Å². The summed E-state index contributed by atoms with van der Waals surface area (Å²) in [6.45, 7) is 6.15. The number of halogens is 3. The number of carbonyl (C=O) groups is 3. The maximum Gasteiger partial charge on any atom is 0.435 e. The van der Waals surface area contributed by atoms with E-state index in [-0.39, 0.29) is 39.7 Å². The Labute approximate surface area is 174 Å². The summed E-state index contributed by atoms with van der Waals surface area (Å²) in [5.74, 6) is -2.06. The molecule has 164 valence electrons. The fourth-order valence-electron chi connectivity index (χ4n) is 2.63. The number of primary amides is 1. The molecular formula is C18H21F3N4O4S. The van der Waals surface area contributed by atoms with Crippen LogP contribution in [0.4, 0.5) is 18.2 Å². The van der Waals surface area contributed by atoms with E-state index in [1.54, 1.807) is 13.8 Å². The number of rotatable bonds is 7. The van der Waals surface area contributed by atoms with Gasteiger partial charge in [0.1, 0.15) is 5.00 Å². The summed E-state index contributed by atoms with van der Waals surface area (Å²) in [5.41, 5.74) is 4.83. The zero-order chi connectivity index (χ0) is 22.8. The third kappa shape index (κ3) is 5.38. The molecule has 0 aliphatic heterocycles. The molecule has 8 nitrogen and oxygen atoms in total. The number of hydrogen-bond donors (Lipinski definition) is 2. The summed E-state index contributed by atoms with van der Waals surface area (Å²) in [7, 11) is 0. The minimum Gasteiger partial charge on any atom is -0.459 e. The first-order valence-corrected chi connectivity index (χ1v) is 9.68. The monoisotopic (exact) mass is 446 g/mol. The number of anilines is 1. The lowest BCUT2D eigenvalue weighted by molar-refractivity contribution is -0.141. The van der Waals surface area contributed by atoms with Crippen LogP contribution >= 0.6 is 11.3 Å². The van der Waals surface area contributed by atoms with E-state index in [4.69, 9.17) is 10.5 Å². The van der Waals surface area contributed by atoms with Gasteiger partial charge in [-0.3, -0.25) is 14.3 Å². The molecule has 0 atom stereocenters. The molecule has 0 aliphatic rings. The van der Waals surface area contributed by atoms with Crippen LogP contribution in [0.2, 0.25) is 0 Å². The predicted molar refractivity (Wildman–Crippen MR) is 103 cm³/mol. The van der Waals surface area contributed by atoms with Crippen LogP contribution in [-0.4, -0.2) is 33.7 Å². The van der Waals surface area contributed by atoms with Crippen LogP contribution in [0.15, 0.2) is 6.07 Å². The quantitative estimate of drug-likeness (QED) is 0.633. The van der Waals surface area contributed by atoms with Crippen LogP contribution in [0, 0.1) is 13.8 Å². The largest absolute Gasteiger partial charge is 0.459 e. The lowest BCUT2D eigenvalue weighted by atomic mass is 10.1. The van der Waals surface area contributed by atoms with Gasteiger partial charge in [-0.05, 0) is 39.3 Å². The Hall–Kier alpha value is -2.89. The standard InChI is InChI=1S/C18H21F3N4O4S/c1-8(2)29-17(28)13-10(4)14(15(22)27)30-16(13)23-12(26)5-6-25-9(3)7-11(24-25)18(19,20)21/h7-8H,5-6H2,1-4H3,(H2,22,27)(H,23,26). The van der Waals surface area contributed by atoms with Crippen LogP contribution in [-0.2, 0) is 22.3 Å². The highest BCUT2D eigenvalue weighted by molar-refractivity contribution is 7.18. The van der Waals surface area contributed by atoms with Crippen LogP contribution in [0.5, 0.6) is 0 Å². The summed E-state index contributed by atoms with van der Waals surface area (Å²) in [5, 5.41) is 6.06. The number of carbonyl (C=O) groups excluding carboxylic acids is 3. The van der Waals surface area contributed by atoms with Crippen molar-refractivity contribution >= 4 is 34.1 Å². The Morgan fingerprint density at radius 3 is 2.43 bits per heavy atom. The van der Waals surface area contributed by atoms with E-state index < -0.39 is 35.8 Å². The molecule has 0 fully saturated rings. The first kappa shape index (κ1) is 23.4. The number of aromatic nitrogens is 2. The first-order chi connectivity index (χ1) is 13.8. The second kappa shape index (κ2) is 8.86. The third-order valence-corrected chi connectivity index (χ3v) is 5.21. The van der Waals surface area contributed by atoms with E-state index in [1.165, 1.54) is 13.8 Å². The van der Waals surface area contributed by atoms with Crippen LogP contribution in [0.3, 0.4) is 0 Å². The number of nitrogens with one attached hydrogen (secondary N) is 1. The molecule has 0 spiro atoms. The molecule has 0 aromatic carbocycles. The molecule has 12 heteroatoms. The minimum absolute atomic E-state index is 0.0190. The number of nitrogens with zero attached hydrogens (tertiary/aromatic N) is 2. The number of esters is 1. The highest BCUT2D eigenvalue weighted by Gasteiger charge is 2.34. The van der Waals surface area contributed by atoms with E-state index in [0.717, 1.165) is 22.1 Å². The lowest BCUT2D eigenvalue weighted by Crippen LogP contribution is -2.18. The molecule has 0 saturated heterocycles. The van der Waals surface area contributed by atoms with Gasteiger partial charge in [0.05, 0.1) is 16.5 Å². The van der Waals surface area contributed by atoms with Crippen molar-refractivity contribution < 1.29 is 32.3 Å². The Morgan fingerprint density at radius 2 is 1.93 bits per heavy atom. The third-order valence-electron chi connectivity index (χ3n) is 3.99. The van der Waals surface area contributed by atoms with Crippen molar-refractivity contribution in [3.05, 3.63) is 33.5 Å². The van der Waals surface area contributed by atoms with Gasteiger partial charge in [-0.2, -0.15) is 18.3 Å². The molecule has 2 rings (SSSR count). The van der Waals surface area contributed by atoms with E-state index in [9.17, 15) is 27.6 Å². The fourth-order valence-corrected chi connectivity index (χ4v) is 3.69. The maximum atomic E-state index is 12.7. The molecule has 0 bridgehead atoms. The number of thiophene rings is 1. The van der Waals surface area contributed by atoms with Gasteiger partial charge in [-0.1, -0.05) is 0 Å². The molecule has 2 aromatic rings. The van der Waals surface area contributed by atoms with Gasteiger partial charge < -0.3 is 15.8 Å². The lowest BCUT2D eigenvalue weighted by Gasteiger charge is -2.10. The normalized spacial score (nSPS) is 11.6. The number of amides is 2. The summed E-state index contributed by atoms with van der Waals surface area (Å²) < 4.78 is 44.5. The van der Waals surface area contributed by atoms with Crippen molar-refractivity contribution in [2.45, 2.75) is 52.9 Å². The summed E-state index contributed by atoms with van der Waals surface area (Å²) in [6, 6.07) is 0.889. The van der Waals surface area contributed by atoms with Gasteiger partial charge >= 0.3 is 12.1 Å². The molecular weight excluding hydrogens is 425 g/mol. The number of aryl methyl sites for hydroxylation is 2. The summed E-state index contributed by atoms with van der Waals surface area (Å²) in [4.78, 5) is 36.5. The van der Waals surface area contributed by atoms with Gasteiger partial charge in [-0.25, -0.2) is 4.79 Å². The average Bonchev–Trinajstić information content (AvgIpc) is 3.12. The van der Waals surface area contributed by atoms with E-state index in [2.05, 4.69) is 10.4 Å². The van der Waals surface area contributed by atoms with Crippen molar-refractivity contribution in [3.63, 3.8) is 0 Å². The Balaban J connectivity index is 2.18. The molecule has 2 amide bonds. The highest BCUT2D eigenvalue weighted by atomic mass is 32.1. The van der Waals surface area contributed by atoms with E-state index >= 15 is 0 Å². The number of nitrogens with two attached hydrogens (primary N) is 1. The smallest absolute Gasteiger partial charge is 0.435 e. The molecule has 2 aromatic heterocycles. The van der Waals surface area contributed by atoms with E-state index in [1.807, 2.05) is 0 Å². The van der Waals surface area contributed by atoms with Gasteiger partial charge in [0.2, 0.25) is 5.91 Å². The zero-order valence-corrected chi connectivity index (χ0v) is 17.5. The first-order valence-electron chi connectivity index (χ1n) is 8.87. The number of hydrogen-bond acceptors (Lipinski definition) is 6. The predicted octanol–water partition coefficient (Wildman–Crippen LogP) is 3.27. The van der Waals surface area contributed by atoms with Gasteiger partial charge in [-0.15, -0.1) is 11.3 Å². The SMILES string of the molecule is Cc1c(C(N)=O)sc(NC(=O)CCn2nc(C(F)(F)F)cc2C)c1C(=O)OC(C)C. The molecule has 2 heterocycles. The Bertz CT molecular complexity index is 979. The van der Waals surface area contributed by atoms with Crippen molar-refractivity contribution in [2.24, 2.45) is 5.73 Å². The topological polar surface area (TPSA) is 116 Å². The zero-order valence-electron chi connectivity index (χ0n) is 16.7. The molecule has 0 saturated carbocycles. The van der Waals surface area contributed by atoms with Crippen LogP contribution in [0.25, 0.3) is 0 Å². The minimum atomic E-state index is -4.58. The maximum absolute atomic E-state index is 12.7. The van der Waals surface area contributed by atoms with Crippen LogP contribution in [0.1, 0.15) is 57.2 Å². The second-order valence-electron chi connectivity index (χ2n) is 6.77. The average molecular weight is 446 g/mol. The highest BCUT2D eigenvalue weighted by Crippen LogP contribution is 2.34. The number of alkyl halides is 3. The fraction of sp³-hybridized carbons (Fsp3) is 0.444. The van der Waals surface area contributed by atoms with Crippen molar-refractivity contribution in [3.8, 4) is 0 Å².